The van der Waals surface area contributed by atoms with Crippen molar-refractivity contribution in [3.63, 3.8) is 0 Å². The van der Waals surface area contributed by atoms with Gasteiger partial charge in [0, 0.05) is 6.42 Å². The number of hydrogen-bond donors (Lipinski definition) is 1. The third-order valence-electron chi connectivity index (χ3n) is 2.27. The molecule has 5 nitrogen and oxygen atoms in total. The first-order valence-corrected chi connectivity index (χ1v) is 5.85. The SMILES string of the molecule is C#CCOc1ccc(CCOC(N)=O)cc1OCC#C. The summed E-state index contributed by atoms with van der Waals surface area (Å²) in [6, 6.07) is 5.30. The fourth-order valence-corrected chi connectivity index (χ4v) is 1.45. The van der Waals surface area contributed by atoms with E-state index < -0.39 is 6.09 Å². The molecule has 0 aliphatic heterocycles. The highest BCUT2D eigenvalue weighted by Crippen LogP contribution is 2.28. The zero-order chi connectivity index (χ0) is 14.8. The second-order valence-corrected chi connectivity index (χ2v) is 3.68. The fourth-order valence-electron chi connectivity index (χ4n) is 1.45. The number of hydrogen-bond acceptors (Lipinski definition) is 4. The summed E-state index contributed by atoms with van der Waals surface area (Å²) in [5.74, 6) is 5.75. The third-order valence-corrected chi connectivity index (χ3v) is 2.27. The van der Waals surface area contributed by atoms with E-state index in [1.54, 1.807) is 12.1 Å². The second kappa shape index (κ2) is 8.34. The van der Waals surface area contributed by atoms with Gasteiger partial charge in [-0.3, -0.25) is 0 Å². The van der Waals surface area contributed by atoms with Crippen molar-refractivity contribution in [3.05, 3.63) is 23.8 Å². The van der Waals surface area contributed by atoms with Gasteiger partial charge in [-0.15, -0.1) is 12.8 Å². The predicted molar refractivity (Wildman–Crippen MR) is 74.3 cm³/mol. The zero-order valence-corrected chi connectivity index (χ0v) is 10.9. The molecule has 0 spiro atoms. The molecule has 0 heterocycles. The molecule has 20 heavy (non-hydrogen) atoms. The van der Waals surface area contributed by atoms with Crippen LogP contribution in [0.15, 0.2) is 18.2 Å². The van der Waals surface area contributed by atoms with Crippen molar-refractivity contribution in [2.45, 2.75) is 6.42 Å². The first-order valence-electron chi connectivity index (χ1n) is 5.85. The van der Waals surface area contributed by atoms with E-state index in [1.165, 1.54) is 0 Å². The van der Waals surface area contributed by atoms with Gasteiger partial charge in [0.05, 0.1) is 6.61 Å². The lowest BCUT2D eigenvalue weighted by molar-refractivity contribution is 0.158. The molecule has 5 heteroatoms. The van der Waals surface area contributed by atoms with Crippen LogP contribution in [0, 0.1) is 24.7 Å². The number of amides is 1. The molecule has 0 aromatic heterocycles. The molecule has 1 aromatic carbocycles. The Balaban J connectivity index is 2.76. The van der Waals surface area contributed by atoms with Gasteiger partial charge in [-0.1, -0.05) is 17.9 Å². The van der Waals surface area contributed by atoms with Crippen LogP contribution in [0.25, 0.3) is 0 Å². The van der Waals surface area contributed by atoms with Crippen molar-refractivity contribution in [1.29, 1.82) is 0 Å². The van der Waals surface area contributed by atoms with Crippen LogP contribution >= 0.6 is 0 Å². The number of rotatable bonds is 7. The van der Waals surface area contributed by atoms with Gasteiger partial charge in [-0.25, -0.2) is 4.79 Å². The van der Waals surface area contributed by atoms with Gasteiger partial charge in [0.1, 0.15) is 13.2 Å². The molecule has 1 aromatic rings. The molecule has 1 amide bonds. The monoisotopic (exact) mass is 273 g/mol. The molecule has 0 aliphatic carbocycles. The van der Waals surface area contributed by atoms with Gasteiger partial charge < -0.3 is 19.9 Å². The fraction of sp³-hybridized carbons (Fsp3) is 0.267. The molecular formula is C15H15NO4. The van der Waals surface area contributed by atoms with Gasteiger partial charge in [0.2, 0.25) is 0 Å². The molecule has 1 rings (SSSR count). The molecule has 0 bridgehead atoms. The van der Waals surface area contributed by atoms with E-state index in [4.69, 9.17) is 28.1 Å². The third kappa shape index (κ3) is 5.24. The molecule has 0 saturated carbocycles. The molecule has 0 atom stereocenters. The van der Waals surface area contributed by atoms with Crippen LogP contribution in [-0.2, 0) is 11.2 Å². The number of benzene rings is 1. The van der Waals surface area contributed by atoms with E-state index in [2.05, 4.69) is 16.6 Å². The second-order valence-electron chi connectivity index (χ2n) is 3.68. The largest absolute Gasteiger partial charge is 0.477 e. The number of ether oxygens (including phenoxy) is 3. The van der Waals surface area contributed by atoms with Crippen LogP contribution in [0.4, 0.5) is 4.79 Å². The van der Waals surface area contributed by atoms with E-state index in [1.807, 2.05) is 6.07 Å². The van der Waals surface area contributed by atoms with Crippen LogP contribution in [0.1, 0.15) is 5.56 Å². The summed E-state index contributed by atoms with van der Waals surface area (Å²) >= 11 is 0. The maximum atomic E-state index is 10.5. The minimum absolute atomic E-state index is 0.119. The molecule has 0 saturated heterocycles. The van der Waals surface area contributed by atoms with Gasteiger partial charge in [0.25, 0.3) is 0 Å². The lowest BCUT2D eigenvalue weighted by Crippen LogP contribution is -2.14. The Kier molecular flexibility index (Phi) is 6.36. The van der Waals surface area contributed by atoms with E-state index in [0.717, 1.165) is 5.56 Å². The van der Waals surface area contributed by atoms with Crippen molar-refractivity contribution < 1.29 is 19.0 Å². The van der Waals surface area contributed by atoms with Gasteiger partial charge >= 0.3 is 6.09 Å². The summed E-state index contributed by atoms with van der Waals surface area (Å²) < 4.78 is 15.4. The van der Waals surface area contributed by atoms with Crippen molar-refractivity contribution in [2.75, 3.05) is 19.8 Å². The maximum absolute atomic E-state index is 10.5. The van der Waals surface area contributed by atoms with Crippen LogP contribution in [0.2, 0.25) is 0 Å². The molecule has 0 aliphatic rings. The van der Waals surface area contributed by atoms with E-state index in [0.29, 0.717) is 17.9 Å². The number of primary amides is 1. The zero-order valence-electron chi connectivity index (χ0n) is 10.9. The summed E-state index contributed by atoms with van der Waals surface area (Å²) in [7, 11) is 0. The van der Waals surface area contributed by atoms with Gasteiger partial charge in [-0.2, -0.15) is 0 Å². The normalized spacial score (nSPS) is 9.10. The van der Waals surface area contributed by atoms with E-state index in [9.17, 15) is 4.79 Å². The van der Waals surface area contributed by atoms with Crippen LogP contribution in [0.5, 0.6) is 11.5 Å². The number of carbonyl (C=O) groups excluding carboxylic acids is 1. The quantitative estimate of drug-likeness (QED) is 0.761. The minimum Gasteiger partial charge on any atom is -0.477 e. The summed E-state index contributed by atoms with van der Waals surface area (Å²) in [5, 5.41) is 0. The van der Waals surface area contributed by atoms with Gasteiger partial charge in [0.15, 0.2) is 11.5 Å². The Morgan fingerprint density at radius 2 is 1.80 bits per heavy atom. The maximum Gasteiger partial charge on any atom is 0.404 e. The first-order chi connectivity index (χ1) is 9.67. The minimum atomic E-state index is -0.803. The molecule has 0 fully saturated rings. The van der Waals surface area contributed by atoms with Crippen molar-refractivity contribution >= 4 is 6.09 Å². The van der Waals surface area contributed by atoms with Crippen molar-refractivity contribution in [1.82, 2.24) is 0 Å². The van der Waals surface area contributed by atoms with Crippen LogP contribution in [0.3, 0.4) is 0 Å². The standard InChI is InChI=1S/C15H15NO4/c1-3-8-18-13-6-5-12(7-10-20-15(16)17)11-14(13)19-9-4-2/h1-2,5-6,11H,7-10H2,(H2,16,17). The highest BCUT2D eigenvalue weighted by Gasteiger charge is 2.07. The summed E-state index contributed by atoms with van der Waals surface area (Å²) in [6.45, 7) is 0.443. The smallest absolute Gasteiger partial charge is 0.404 e. The number of terminal acetylenes is 2. The molecule has 2 N–H and O–H groups in total. The molecule has 104 valence electrons. The average Bonchev–Trinajstić information content (AvgIpc) is 2.43. The van der Waals surface area contributed by atoms with Crippen LogP contribution in [-0.4, -0.2) is 25.9 Å². The molecule has 0 unspecified atom stereocenters. The number of nitrogens with two attached hydrogens (primary N) is 1. The van der Waals surface area contributed by atoms with E-state index >= 15 is 0 Å². The highest BCUT2D eigenvalue weighted by molar-refractivity contribution is 5.64. The van der Waals surface area contributed by atoms with Crippen molar-refractivity contribution in [2.24, 2.45) is 5.73 Å². The lowest BCUT2D eigenvalue weighted by Gasteiger charge is -2.11. The Bertz CT molecular complexity index is 540. The highest BCUT2D eigenvalue weighted by atomic mass is 16.5. The summed E-state index contributed by atoms with van der Waals surface area (Å²) in [4.78, 5) is 10.5. The predicted octanol–water partition coefficient (Wildman–Crippen LogP) is 1.35. The van der Waals surface area contributed by atoms with Crippen molar-refractivity contribution in [3.8, 4) is 36.2 Å². The topological polar surface area (TPSA) is 70.8 Å². The Labute approximate surface area is 118 Å². The first kappa shape index (κ1) is 15.3. The van der Waals surface area contributed by atoms with Crippen LogP contribution < -0.4 is 15.2 Å². The average molecular weight is 273 g/mol. The molecule has 0 radical (unpaired) electrons. The Morgan fingerprint density at radius 1 is 1.15 bits per heavy atom. The summed E-state index contributed by atoms with van der Waals surface area (Å²) in [6.07, 6.45) is 10.0. The number of carbonyl (C=O) groups is 1. The Hall–Kier alpha value is -2.79. The van der Waals surface area contributed by atoms with Gasteiger partial charge in [-0.05, 0) is 17.7 Å². The van der Waals surface area contributed by atoms with E-state index in [-0.39, 0.29) is 19.8 Å². The Morgan fingerprint density at radius 3 is 2.40 bits per heavy atom. The molecular weight excluding hydrogens is 258 g/mol. The summed E-state index contributed by atoms with van der Waals surface area (Å²) in [5.41, 5.74) is 5.78. The lowest BCUT2D eigenvalue weighted by atomic mass is 10.1.